The van der Waals surface area contributed by atoms with Crippen LogP contribution in [-0.4, -0.2) is 45.7 Å². The second-order valence-corrected chi connectivity index (χ2v) is 9.31. The van der Waals surface area contributed by atoms with Crippen molar-refractivity contribution in [1.29, 1.82) is 0 Å². The van der Waals surface area contributed by atoms with Gasteiger partial charge >= 0.3 is 0 Å². The third-order valence-corrected chi connectivity index (χ3v) is 7.08. The highest BCUT2D eigenvalue weighted by Gasteiger charge is 2.05. The van der Waals surface area contributed by atoms with Gasteiger partial charge in [-0.3, -0.25) is 0 Å². The summed E-state index contributed by atoms with van der Waals surface area (Å²) < 4.78 is 0. The Morgan fingerprint density at radius 2 is 1.62 bits per heavy atom. The van der Waals surface area contributed by atoms with E-state index in [0.29, 0.717) is 11.5 Å². The van der Waals surface area contributed by atoms with Gasteiger partial charge in [-0.05, 0) is 43.3 Å². The van der Waals surface area contributed by atoms with Crippen molar-refractivity contribution in [2.75, 3.05) is 23.3 Å². The molecule has 1 rings (SSSR count). The van der Waals surface area contributed by atoms with Crippen molar-refractivity contribution < 1.29 is 10.2 Å². The molecule has 0 radical (unpaired) electrons. The first-order valence-corrected chi connectivity index (χ1v) is 11.9. The van der Waals surface area contributed by atoms with E-state index in [1.807, 2.05) is 37.3 Å². The average molecular weight is 452 g/mol. The first-order valence-electron chi connectivity index (χ1n) is 8.03. The number of thioether (sulfide) groups is 3. The van der Waals surface area contributed by atoms with E-state index in [1.54, 1.807) is 23.5 Å². The SMILES string of the molecule is C=C(/C=C\C(=C/C)Sc1ccc(SCC(O)CCl)cc1)SCC(O)CCl. The highest BCUT2D eigenvalue weighted by molar-refractivity contribution is 8.03. The van der Waals surface area contributed by atoms with Gasteiger partial charge in [0.1, 0.15) is 0 Å². The van der Waals surface area contributed by atoms with E-state index in [0.717, 1.165) is 19.6 Å². The number of rotatable bonds is 12. The fraction of sp³-hybridized carbons (Fsp3) is 0.368. The maximum atomic E-state index is 9.51. The fourth-order valence-corrected chi connectivity index (χ4v) is 4.43. The van der Waals surface area contributed by atoms with Crippen LogP contribution in [0.4, 0.5) is 0 Å². The number of aliphatic hydroxyl groups is 2. The molecule has 1 aromatic carbocycles. The molecule has 0 amide bonds. The van der Waals surface area contributed by atoms with Crippen LogP contribution < -0.4 is 0 Å². The molecule has 2 N–H and O–H groups in total. The quantitative estimate of drug-likeness (QED) is 0.240. The molecular weight excluding hydrogens is 427 g/mol. The summed E-state index contributed by atoms with van der Waals surface area (Å²) in [5.41, 5.74) is 0. The van der Waals surface area contributed by atoms with Crippen LogP contribution >= 0.6 is 58.5 Å². The number of halogens is 2. The standard InChI is InChI=1S/C19H24Cl2O2S3/c1-3-17(5-4-14(2)24-12-15(22)10-20)26-19-8-6-18(7-9-19)25-13-16(23)11-21/h3-9,15-16,22-23H,2,10-13H2,1H3/b5-4-,17-3+. The zero-order chi connectivity index (χ0) is 19.4. The zero-order valence-electron chi connectivity index (χ0n) is 14.6. The Bertz CT molecular complexity index is 603. The molecule has 144 valence electrons. The van der Waals surface area contributed by atoms with E-state index in [9.17, 15) is 10.2 Å². The van der Waals surface area contributed by atoms with Gasteiger partial charge in [0.2, 0.25) is 0 Å². The van der Waals surface area contributed by atoms with Gasteiger partial charge in [-0.25, -0.2) is 0 Å². The first kappa shape index (κ1) is 24.0. The minimum Gasteiger partial charge on any atom is -0.391 e. The Morgan fingerprint density at radius 1 is 1.04 bits per heavy atom. The number of benzene rings is 1. The number of hydrogen-bond donors (Lipinski definition) is 2. The average Bonchev–Trinajstić information content (AvgIpc) is 2.68. The van der Waals surface area contributed by atoms with Gasteiger partial charge in [-0.15, -0.1) is 46.7 Å². The van der Waals surface area contributed by atoms with Crippen LogP contribution in [0.25, 0.3) is 0 Å². The van der Waals surface area contributed by atoms with Crippen molar-refractivity contribution in [2.24, 2.45) is 0 Å². The van der Waals surface area contributed by atoms with Crippen LogP contribution in [0.2, 0.25) is 0 Å². The van der Waals surface area contributed by atoms with E-state index in [1.165, 1.54) is 11.8 Å². The molecule has 0 spiro atoms. The molecular formula is C19H24Cl2O2S3. The molecule has 1 aromatic rings. The summed E-state index contributed by atoms with van der Waals surface area (Å²) in [5, 5.41) is 19.0. The van der Waals surface area contributed by atoms with Crippen LogP contribution in [0.1, 0.15) is 6.92 Å². The van der Waals surface area contributed by atoms with Gasteiger partial charge in [0.25, 0.3) is 0 Å². The van der Waals surface area contributed by atoms with E-state index in [-0.39, 0.29) is 11.8 Å². The Morgan fingerprint density at radius 3 is 2.19 bits per heavy atom. The third-order valence-electron chi connectivity index (χ3n) is 3.04. The molecule has 26 heavy (non-hydrogen) atoms. The van der Waals surface area contributed by atoms with E-state index in [4.69, 9.17) is 23.2 Å². The molecule has 0 aliphatic rings. The summed E-state index contributed by atoms with van der Waals surface area (Å²) in [5.74, 6) is 1.63. The highest BCUT2D eigenvalue weighted by Crippen LogP contribution is 2.30. The Balaban J connectivity index is 2.52. The van der Waals surface area contributed by atoms with Crippen molar-refractivity contribution in [2.45, 2.75) is 28.9 Å². The predicted molar refractivity (Wildman–Crippen MR) is 121 cm³/mol. The van der Waals surface area contributed by atoms with Gasteiger partial charge < -0.3 is 10.2 Å². The molecule has 0 heterocycles. The largest absolute Gasteiger partial charge is 0.391 e. The molecule has 0 aliphatic heterocycles. The topological polar surface area (TPSA) is 40.5 Å². The second-order valence-electron chi connectivity index (χ2n) is 5.30. The molecule has 2 atom stereocenters. The Labute approximate surface area is 179 Å². The van der Waals surface area contributed by atoms with Crippen LogP contribution in [0.3, 0.4) is 0 Å². The lowest BCUT2D eigenvalue weighted by molar-refractivity contribution is 0.223. The minimum absolute atomic E-state index is 0.235. The molecule has 0 saturated carbocycles. The van der Waals surface area contributed by atoms with E-state index in [2.05, 4.69) is 18.7 Å². The molecule has 0 fully saturated rings. The number of allylic oxidation sites excluding steroid dienone is 3. The Hall–Kier alpha value is -0.0100. The summed E-state index contributed by atoms with van der Waals surface area (Å²) in [4.78, 5) is 4.25. The molecule has 0 aliphatic carbocycles. The van der Waals surface area contributed by atoms with Gasteiger partial charge in [-0.1, -0.05) is 24.4 Å². The van der Waals surface area contributed by atoms with Crippen molar-refractivity contribution in [3.63, 3.8) is 0 Å². The summed E-state index contributed by atoms with van der Waals surface area (Å²) in [6.07, 6.45) is 5.03. The van der Waals surface area contributed by atoms with Crippen molar-refractivity contribution in [3.05, 3.63) is 58.9 Å². The van der Waals surface area contributed by atoms with Crippen LogP contribution in [0, 0.1) is 0 Å². The summed E-state index contributed by atoms with van der Waals surface area (Å²) in [7, 11) is 0. The molecule has 0 aromatic heterocycles. The fourth-order valence-electron chi connectivity index (χ4n) is 1.64. The van der Waals surface area contributed by atoms with Gasteiger partial charge in [0.05, 0.1) is 12.2 Å². The van der Waals surface area contributed by atoms with Crippen LogP contribution in [-0.2, 0) is 0 Å². The molecule has 7 heteroatoms. The lowest BCUT2D eigenvalue weighted by Gasteiger charge is -2.08. The van der Waals surface area contributed by atoms with Crippen molar-refractivity contribution in [1.82, 2.24) is 0 Å². The zero-order valence-corrected chi connectivity index (χ0v) is 18.6. The summed E-state index contributed by atoms with van der Waals surface area (Å²) in [6, 6.07) is 8.23. The van der Waals surface area contributed by atoms with E-state index < -0.39 is 12.2 Å². The second kappa shape index (κ2) is 14.1. The highest BCUT2D eigenvalue weighted by atomic mass is 35.5. The lowest BCUT2D eigenvalue weighted by Crippen LogP contribution is -2.10. The molecule has 2 nitrogen and oxygen atoms in total. The summed E-state index contributed by atoms with van der Waals surface area (Å²) >= 11 is 16.0. The predicted octanol–water partition coefficient (Wildman–Crippen LogP) is 5.78. The lowest BCUT2D eigenvalue weighted by atomic mass is 10.4. The molecule has 0 bridgehead atoms. The number of aliphatic hydroxyl groups excluding tert-OH is 2. The van der Waals surface area contributed by atoms with E-state index >= 15 is 0 Å². The number of hydrogen-bond acceptors (Lipinski definition) is 5. The molecule has 0 saturated heterocycles. The minimum atomic E-state index is -0.510. The Kier molecular flexibility index (Phi) is 13.0. The maximum absolute atomic E-state index is 9.51. The normalized spacial score (nSPS) is 14.6. The monoisotopic (exact) mass is 450 g/mol. The third kappa shape index (κ3) is 10.4. The molecule has 2 unspecified atom stereocenters. The van der Waals surface area contributed by atoms with Crippen LogP contribution in [0.15, 0.2) is 68.7 Å². The smallest absolute Gasteiger partial charge is 0.0769 e. The van der Waals surface area contributed by atoms with Crippen molar-refractivity contribution in [3.8, 4) is 0 Å². The van der Waals surface area contributed by atoms with Gasteiger partial charge in [0, 0.05) is 42.9 Å². The summed E-state index contributed by atoms with van der Waals surface area (Å²) in [6.45, 7) is 5.98. The van der Waals surface area contributed by atoms with Gasteiger partial charge in [0.15, 0.2) is 0 Å². The van der Waals surface area contributed by atoms with Gasteiger partial charge in [-0.2, -0.15) is 0 Å². The van der Waals surface area contributed by atoms with Crippen LogP contribution in [0.5, 0.6) is 0 Å². The van der Waals surface area contributed by atoms with Crippen molar-refractivity contribution >= 4 is 58.5 Å². The first-order chi connectivity index (χ1) is 12.5. The maximum Gasteiger partial charge on any atom is 0.0769 e. The number of alkyl halides is 2.